The van der Waals surface area contributed by atoms with Crippen molar-refractivity contribution in [2.75, 3.05) is 33.5 Å². The topological polar surface area (TPSA) is 150 Å². The van der Waals surface area contributed by atoms with Gasteiger partial charge in [0.1, 0.15) is 18.1 Å². The summed E-state index contributed by atoms with van der Waals surface area (Å²) >= 11 is 0. The monoisotopic (exact) mass is 558 g/mol. The zero-order valence-corrected chi connectivity index (χ0v) is 23.0. The van der Waals surface area contributed by atoms with Gasteiger partial charge in [-0.1, -0.05) is 47.6 Å². The van der Waals surface area contributed by atoms with Crippen LogP contribution in [0.4, 0.5) is 0 Å². The van der Waals surface area contributed by atoms with Crippen LogP contribution in [-0.2, 0) is 28.9 Å². The first-order valence-corrected chi connectivity index (χ1v) is 13.4. The fourth-order valence-corrected chi connectivity index (χ4v) is 4.50. The summed E-state index contributed by atoms with van der Waals surface area (Å²) in [7, 11) is 1.63. The van der Waals surface area contributed by atoms with Gasteiger partial charge in [0.2, 0.25) is 5.90 Å². The molecule has 0 unspecified atom stereocenters. The summed E-state index contributed by atoms with van der Waals surface area (Å²) in [6.07, 6.45) is 1.43. The highest BCUT2D eigenvalue weighted by atomic mass is 16.5. The summed E-state index contributed by atoms with van der Waals surface area (Å²) in [6, 6.07) is 22.5. The van der Waals surface area contributed by atoms with Gasteiger partial charge in [0, 0.05) is 36.5 Å². The fourth-order valence-electron chi connectivity index (χ4n) is 4.50. The van der Waals surface area contributed by atoms with E-state index in [-0.39, 0.29) is 32.1 Å². The number of aliphatic hydroxyl groups excluding tert-OH is 1. The molecule has 0 saturated heterocycles. The lowest BCUT2D eigenvalue weighted by atomic mass is 9.89. The highest BCUT2D eigenvalue weighted by Crippen LogP contribution is 2.29. The van der Waals surface area contributed by atoms with E-state index >= 15 is 0 Å². The van der Waals surface area contributed by atoms with Crippen LogP contribution in [0, 0.1) is 0 Å². The number of nitrogens with zero attached hydrogens (tertiary/aromatic N) is 4. The number of hydrazine groups is 1. The van der Waals surface area contributed by atoms with Gasteiger partial charge in [-0.05, 0) is 59.0 Å². The minimum atomic E-state index is -1.25. The maximum Gasteiger partial charge on any atom is 0.266 e. The van der Waals surface area contributed by atoms with E-state index < -0.39 is 5.54 Å². The van der Waals surface area contributed by atoms with Crippen LogP contribution >= 0.6 is 0 Å². The summed E-state index contributed by atoms with van der Waals surface area (Å²) in [5, 5.41) is 12.7. The van der Waals surface area contributed by atoms with Crippen molar-refractivity contribution in [2.24, 2.45) is 10.1 Å². The van der Waals surface area contributed by atoms with Crippen molar-refractivity contribution in [3.8, 4) is 11.5 Å². The van der Waals surface area contributed by atoms with Gasteiger partial charge in [-0.3, -0.25) is 10.2 Å². The Labute approximate surface area is 238 Å². The van der Waals surface area contributed by atoms with E-state index in [9.17, 15) is 4.79 Å². The molecule has 0 aromatic heterocycles. The molecule has 1 amide bonds. The largest absolute Gasteiger partial charge is 0.496 e. The number of amides is 1. The van der Waals surface area contributed by atoms with Crippen LogP contribution < -0.4 is 20.3 Å². The summed E-state index contributed by atoms with van der Waals surface area (Å²) in [6.45, 7) is 1.15. The molecule has 0 saturated carbocycles. The number of hydrogen-bond acceptors (Lipinski definition) is 8. The minimum Gasteiger partial charge on any atom is -0.496 e. The van der Waals surface area contributed by atoms with E-state index in [1.807, 2.05) is 60.7 Å². The van der Waals surface area contributed by atoms with E-state index in [1.165, 1.54) is 0 Å². The number of benzene rings is 3. The van der Waals surface area contributed by atoms with Gasteiger partial charge in [0.25, 0.3) is 5.91 Å². The Balaban J connectivity index is 1.53. The number of ether oxygens (including phenoxy) is 3. The van der Waals surface area contributed by atoms with Crippen LogP contribution in [0.15, 0.2) is 82.9 Å². The van der Waals surface area contributed by atoms with Crippen molar-refractivity contribution >= 4 is 11.8 Å². The van der Waals surface area contributed by atoms with Gasteiger partial charge in [-0.2, -0.15) is 0 Å². The molecular formula is C30H34N6O5. The van der Waals surface area contributed by atoms with Crippen molar-refractivity contribution in [2.45, 2.75) is 31.3 Å². The fraction of sp³-hybridized carbons (Fsp3) is 0.333. The van der Waals surface area contributed by atoms with Crippen LogP contribution in [0.5, 0.6) is 11.5 Å². The first-order valence-electron chi connectivity index (χ1n) is 13.4. The van der Waals surface area contributed by atoms with Crippen molar-refractivity contribution in [3.63, 3.8) is 0 Å². The summed E-state index contributed by atoms with van der Waals surface area (Å²) in [4.78, 5) is 21.4. The second-order valence-corrected chi connectivity index (χ2v) is 9.46. The van der Waals surface area contributed by atoms with Crippen molar-refractivity contribution in [3.05, 3.63) is 105 Å². The molecule has 41 heavy (non-hydrogen) atoms. The molecular weight excluding hydrogens is 524 g/mol. The normalized spacial score (nSPS) is 15.8. The molecule has 0 aliphatic carbocycles. The zero-order valence-electron chi connectivity index (χ0n) is 23.0. The molecule has 1 aliphatic rings. The number of aliphatic hydroxyl groups is 1. The van der Waals surface area contributed by atoms with Crippen molar-refractivity contribution in [1.29, 1.82) is 0 Å². The van der Waals surface area contributed by atoms with Crippen LogP contribution in [0.1, 0.15) is 28.7 Å². The zero-order chi connectivity index (χ0) is 28.9. The van der Waals surface area contributed by atoms with E-state index in [2.05, 4.69) is 20.9 Å². The number of nitrogens with one attached hydrogen (secondary N) is 2. The van der Waals surface area contributed by atoms with Gasteiger partial charge < -0.3 is 19.3 Å². The number of para-hydroxylation sites is 1. The molecule has 0 bridgehead atoms. The third-order valence-electron chi connectivity index (χ3n) is 6.68. The lowest BCUT2D eigenvalue weighted by molar-refractivity contribution is -0.127. The SMILES string of the molecule is COc1ccccc1CCNNC(=O)[C@]1(Cc2ccccc2CN=[N+]=[N-])COC(c2ccc(OCCCO)cc2)=N1. The van der Waals surface area contributed by atoms with Crippen molar-refractivity contribution in [1.82, 2.24) is 10.9 Å². The molecule has 3 N–H and O–H groups in total. The first-order chi connectivity index (χ1) is 20.1. The van der Waals surface area contributed by atoms with E-state index in [0.29, 0.717) is 43.2 Å². The smallest absolute Gasteiger partial charge is 0.266 e. The highest BCUT2D eigenvalue weighted by molar-refractivity contribution is 6.00. The molecule has 4 rings (SSSR count). The number of azide groups is 1. The second-order valence-electron chi connectivity index (χ2n) is 9.46. The van der Waals surface area contributed by atoms with E-state index in [1.54, 1.807) is 19.2 Å². The van der Waals surface area contributed by atoms with Crippen LogP contribution in [0.3, 0.4) is 0 Å². The molecule has 1 atom stereocenters. The van der Waals surface area contributed by atoms with Gasteiger partial charge in [-0.15, -0.1) is 0 Å². The predicted octanol–water partition coefficient (Wildman–Crippen LogP) is 3.89. The molecule has 11 nitrogen and oxygen atoms in total. The average Bonchev–Trinajstić information content (AvgIpc) is 3.44. The molecule has 214 valence electrons. The lowest BCUT2D eigenvalue weighted by Gasteiger charge is -2.24. The minimum absolute atomic E-state index is 0.0347. The molecule has 3 aromatic rings. The predicted molar refractivity (Wildman–Crippen MR) is 155 cm³/mol. The van der Waals surface area contributed by atoms with Gasteiger partial charge in [-0.25, -0.2) is 10.4 Å². The molecule has 3 aromatic carbocycles. The molecule has 0 spiro atoms. The molecule has 0 radical (unpaired) electrons. The van der Waals surface area contributed by atoms with Crippen LogP contribution in [-0.4, -0.2) is 55.9 Å². The number of hydrogen-bond donors (Lipinski definition) is 3. The highest BCUT2D eigenvalue weighted by Gasteiger charge is 2.45. The Kier molecular flexibility index (Phi) is 10.6. The Morgan fingerprint density at radius 3 is 2.56 bits per heavy atom. The standard InChI is InChI=1S/C30H34N6O5/c1-39-27-10-5-4-7-22(27)15-16-32-35-29(38)30(19-24-8-2-3-9-25(24)20-33-36-31)21-41-28(34-30)23-11-13-26(14-12-23)40-18-6-17-37/h2-5,7-14,32,37H,6,15-21H2,1H3,(H,35,38)/t30-/m0/s1. The number of aliphatic imine (C=N–C) groups is 1. The first kappa shape index (κ1) is 29.4. The van der Waals surface area contributed by atoms with Gasteiger partial charge >= 0.3 is 0 Å². The molecule has 11 heteroatoms. The number of carbonyl (C=O) groups excluding carboxylic acids is 1. The molecule has 0 fully saturated rings. The summed E-state index contributed by atoms with van der Waals surface area (Å²) < 4.78 is 17.0. The number of rotatable bonds is 15. The lowest BCUT2D eigenvalue weighted by Crippen LogP contribution is -2.53. The maximum absolute atomic E-state index is 13.7. The Hall–Kier alpha value is -4.57. The molecule has 1 heterocycles. The quantitative estimate of drug-likeness (QED) is 0.0847. The van der Waals surface area contributed by atoms with E-state index in [4.69, 9.17) is 29.8 Å². The third kappa shape index (κ3) is 7.76. The van der Waals surface area contributed by atoms with E-state index in [0.717, 1.165) is 22.4 Å². The van der Waals surface area contributed by atoms with Gasteiger partial charge in [0.15, 0.2) is 5.54 Å². The summed E-state index contributed by atoms with van der Waals surface area (Å²) in [5.74, 6) is 1.46. The summed E-state index contributed by atoms with van der Waals surface area (Å²) in [5.41, 5.74) is 16.8. The van der Waals surface area contributed by atoms with Crippen molar-refractivity contribution < 1.29 is 24.1 Å². The molecule has 1 aliphatic heterocycles. The maximum atomic E-state index is 13.7. The number of methoxy groups -OCH3 is 1. The average molecular weight is 559 g/mol. The Morgan fingerprint density at radius 2 is 1.83 bits per heavy atom. The van der Waals surface area contributed by atoms with Crippen LogP contribution in [0.25, 0.3) is 10.4 Å². The third-order valence-corrected chi connectivity index (χ3v) is 6.68. The van der Waals surface area contributed by atoms with Crippen LogP contribution in [0.2, 0.25) is 0 Å². The second kappa shape index (κ2) is 14.7. The van der Waals surface area contributed by atoms with Gasteiger partial charge in [0.05, 0.1) is 20.3 Å². The Morgan fingerprint density at radius 1 is 1.10 bits per heavy atom. The Bertz CT molecular complexity index is 1390. The number of carbonyl (C=O) groups is 1.